The molecule has 2 aromatic heterocycles. The van der Waals surface area contributed by atoms with Gasteiger partial charge in [0.25, 0.3) is 0 Å². The molecule has 1 aromatic carbocycles. The number of carboxylic acid groups (broad SMARTS) is 1. The van der Waals surface area contributed by atoms with Crippen LogP contribution in [0.1, 0.15) is 15.5 Å². The minimum absolute atomic E-state index is 0.0520. The minimum Gasteiger partial charge on any atom is -0.476 e. The van der Waals surface area contributed by atoms with E-state index in [1.165, 1.54) is 6.07 Å². The van der Waals surface area contributed by atoms with E-state index in [4.69, 9.17) is 5.11 Å². The number of nitrogens with zero attached hydrogens (tertiary/aromatic N) is 3. The van der Waals surface area contributed by atoms with E-state index in [0.29, 0.717) is 6.54 Å². The maximum Gasteiger partial charge on any atom is 0.356 e. The average Bonchev–Trinajstić information content (AvgIpc) is 2.94. The quantitative estimate of drug-likeness (QED) is 0.783. The van der Waals surface area contributed by atoms with Crippen LogP contribution in [-0.4, -0.2) is 25.8 Å². The Bertz CT molecular complexity index is 684. The summed E-state index contributed by atoms with van der Waals surface area (Å²) in [5.41, 5.74) is 1.01. The van der Waals surface area contributed by atoms with Crippen molar-refractivity contribution in [3.05, 3.63) is 47.2 Å². The van der Waals surface area contributed by atoms with Crippen LogP contribution >= 0.6 is 11.3 Å². The van der Waals surface area contributed by atoms with Gasteiger partial charge in [-0.05, 0) is 18.2 Å². The van der Waals surface area contributed by atoms with Gasteiger partial charge in [0.05, 0.1) is 16.8 Å². The Hall–Kier alpha value is -2.21. The fraction of sp³-hybridized carbons (Fsp3) is 0.0833. The van der Waals surface area contributed by atoms with Gasteiger partial charge in [-0.2, -0.15) is 5.10 Å². The fourth-order valence-corrected chi connectivity index (χ4v) is 2.65. The summed E-state index contributed by atoms with van der Waals surface area (Å²) in [6.07, 6.45) is 1.65. The van der Waals surface area contributed by atoms with Gasteiger partial charge in [-0.3, -0.25) is 4.68 Å². The molecule has 2 heterocycles. The summed E-state index contributed by atoms with van der Waals surface area (Å²) >= 11 is 1.59. The summed E-state index contributed by atoms with van der Waals surface area (Å²) in [5, 5.41) is 13.7. The molecule has 90 valence electrons. The molecule has 18 heavy (non-hydrogen) atoms. The smallest absolute Gasteiger partial charge is 0.356 e. The minimum atomic E-state index is -1.02. The van der Waals surface area contributed by atoms with Gasteiger partial charge in [0, 0.05) is 6.20 Å². The molecule has 0 aliphatic heterocycles. The molecule has 0 spiro atoms. The number of benzene rings is 1. The van der Waals surface area contributed by atoms with Crippen molar-refractivity contribution in [2.45, 2.75) is 6.54 Å². The molecule has 3 rings (SSSR count). The third-order valence-corrected chi connectivity index (χ3v) is 3.52. The second kappa shape index (κ2) is 4.23. The van der Waals surface area contributed by atoms with E-state index in [0.717, 1.165) is 15.2 Å². The van der Waals surface area contributed by atoms with Crippen LogP contribution in [0.4, 0.5) is 0 Å². The third-order valence-electron chi connectivity index (χ3n) is 2.50. The molecular formula is C12H9N3O2S. The Balaban J connectivity index is 1.88. The van der Waals surface area contributed by atoms with Crippen LogP contribution in [0.2, 0.25) is 0 Å². The SMILES string of the molecule is O=C(O)c1ccn(Cc2nc3ccccc3s2)n1. The molecule has 0 aliphatic rings. The number of carboxylic acids is 1. The summed E-state index contributed by atoms with van der Waals surface area (Å²) < 4.78 is 2.71. The summed E-state index contributed by atoms with van der Waals surface area (Å²) in [5.74, 6) is -1.02. The molecular weight excluding hydrogens is 250 g/mol. The van der Waals surface area contributed by atoms with Crippen LogP contribution in [0, 0.1) is 0 Å². The van der Waals surface area contributed by atoms with Gasteiger partial charge in [-0.15, -0.1) is 11.3 Å². The van der Waals surface area contributed by atoms with Crippen LogP contribution in [0.5, 0.6) is 0 Å². The van der Waals surface area contributed by atoms with Crippen LogP contribution < -0.4 is 0 Å². The van der Waals surface area contributed by atoms with Crippen molar-refractivity contribution in [1.29, 1.82) is 0 Å². The van der Waals surface area contributed by atoms with Crippen molar-refractivity contribution < 1.29 is 9.90 Å². The number of hydrogen-bond acceptors (Lipinski definition) is 4. The number of carbonyl (C=O) groups is 1. The molecule has 0 saturated carbocycles. The maximum absolute atomic E-state index is 10.7. The van der Waals surface area contributed by atoms with Crippen molar-refractivity contribution in [2.24, 2.45) is 0 Å². The largest absolute Gasteiger partial charge is 0.476 e. The molecule has 0 fully saturated rings. The first-order chi connectivity index (χ1) is 8.72. The van der Waals surface area contributed by atoms with Gasteiger partial charge in [-0.25, -0.2) is 9.78 Å². The molecule has 0 bridgehead atoms. The number of aromatic nitrogens is 3. The highest BCUT2D eigenvalue weighted by molar-refractivity contribution is 7.18. The number of fused-ring (bicyclic) bond motifs is 1. The highest BCUT2D eigenvalue weighted by Crippen LogP contribution is 2.21. The first kappa shape index (κ1) is 10.9. The van der Waals surface area contributed by atoms with Crippen molar-refractivity contribution in [3.63, 3.8) is 0 Å². The molecule has 0 radical (unpaired) electrons. The molecule has 3 aromatic rings. The maximum atomic E-state index is 10.7. The lowest BCUT2D eigenvalue weighted by Gasteiger charge is -1.95. The molecule has 0 atom stereocenters. The van der Waals surface area contributed by atoms with Crippen molar-refractivity contribution in [2.75, 3.05) is 0 Å². The Morgan fingerprint density at radius 1 is 1.33 bits per heavy atom. The van der Waals surface area contributed by atoms with E-state index in [1.54, 1.807) is 22.2 Å². The molecule has 0 aliphatic carbocycles. The molecule has 0 amide bonds. The number of para-hydroxylation sites is 1. The topological polar surface area (TPSA) is 68.0 Å². The zero-order chi connectivity index (χ0) is 12.5. The first-order valence-corrected chi connectivity index (χ1v) is 6.15. The lowest BCUT2D eigenvalue weighted by molar-refractivity contribution is 0.0689. The summed E-state index contributed by atoms with van der Waals surface area (Å²) in [6, 6.07) is 9.38. The van der Waals surface area contributed by atoms with Gasteiger partial charge in [0.1, 0.15) is 5.01 Å². The van der Waals surface area contributed by atoms with E-state index < -0.39 is 5.97 Å². The van der Waals surface area contributed by atoms with E-state index in [2.05, 4.69) is 10.1 Å². The van der Waals surface area contributed by atoms with Gasteiger partial charge >= 0.3 is 5.97 Å². The lowest BCUT2D eigenvalue weighted by atomic mass is 10.3. The van der Waals surface area contributed by atoms with Crippen LogP contribution in [0.15, 0.2) is 36.5 Å². The summed E-state index contributed by atoms with van der Waals surface area (Å²) in [6.45, 7) is 0.493. The van der Waals surface area contributed by atoms with E-state index in [9.17, 15) is 4.79 Å². The highest BCUT2D eigenvalue weighted by atomic mass is 32.1. The predicted octanol–water partition coefficient (Wildman–Crippen LogP) is 2.24. The monoisotopic (exact) mass is 259 g/mol. The van der Waals surface area contributed by atoms with Gasteiger partial charge < -0.3 is 5.11 Å². The number of thiazole rings is 1. The number of hydrogen-bond donors (Lipinski definition) is 1. The Morgan fingerprint density at radius 2 is 2.17 bits per heavy atom. The molecule has 0 saturated heterocycles. The highest BCUT2D eigenvalue weighted by Gasteiger charge is 2.08. The van der Waals surface area contributed by atoms with E-state index in [1.807, 2.05) is 24.3 Å². The predicted molar refractivity (Wildman–Crippen MR) is 67.9 cm³/mol. The number of rotatable bonds is 3. The van der Waals surface area contributed by atoms with Crippen LogP contribution in [-0.2, 0) is 6.54 Å². The summed E-state index contributed by atoms with van der Waals surface area (Å²) in [4.78, 5) is 15.2. The van der Waals surface area contributed by atoms with E-state index in [-0.39, 0.29) is 5.69 Å². The van der Waals surface area contributed by atoms with Crippen LogP contribution in [0.3, 0.4) is 0 Å². The average molecular weight is 259 g/mol. The zero-order valence-corrected chi connectivity index (χ0v) is 10.1. The van der Waals surface area contributed by atoms with E-state index >= 15 is 0 Å². The van der Waals surface area contributed by atoms with Crippen molar-refractivity contribution >= 4 is 27.5 Å². The Morgan fingerprint density at radius 3 is 2.89 bits per heavy atom. The van der Waals surface area contributed by atoms with Crippen molar-refractivity contribution in [3.8, 4) is 0 Å². The second-order valence-corrected chi connectivity index (χ2v) is 4.89. The molecule has 0 unspecified atom stereocenters. The normalized spacial score (nSPS) is 10.9. The Kier molecular flexibility index (Phi) is 2.56. The molecule has 1 N–H and O–H groups in total. The van der Waals surface area contributed by atoms with Gasteiger partial charge in [0.15, 0.2) is 5.69 Å². The zero-order valence-electron chi connectivity index (χ0n) is 9.28. The molecule has 6 heteroatoms. The number of aromatic carboxylic acids is 1. The lowest BCUT2D eigenvalue weighted by Crippen LogP contribution is -2.03. The summed E-state index contributed by atoms with van der Waals surface area (Å²) in [7, 11) is 0. The van der Waals surface area contributed by atoms with Crippen LogP contribution in [0.25, 0.3) is 10.2 Å². The van der Waals surface area contributed by atoms with Gasteiger partial charge in [-0.1, -0.05) is 12.1 Å². The first-order valence-electron chi connectivity index (χ1n) is 5.33. The van der Waals surface area contributed by atoms with Gasteiger partial charge in [0.2, 0.25) is 0 Å². The fourth-order valence-electron chi connectivity index (χ4n) is 1.69. The van der Waals surface area contributed by atoms with Crippen molar-refractivity contribution in [1.82, 2.24) is 14.8 Å². The standard InChI is InChI=1S/C12H9N3O2S/c16-12(17)9-5-6-15(14-9)7-11-13-8-3-1-2-4-10(8)18-11/h1-6H,7H2,(H,16,17). The third kappa shape index (κ3) is 1.98. The Labute approximate surface area is 106 Å². The second-order valence-electron chi connectivity index (χ2n) is 3.78. The molecule has 5 nitrogen and oxygen atoms in total.